The zero-order valence-electron chi connectivity index (χ0n) is 19.5. The van der Waals surface area contributed by atoms with Gasteiger partial charge in [-0.25, -0.2) is 9.78 Å². The van der Waals surface area contributed by atoms with E-state index in [0.29, 0.717) is 11.3 Å². The fourth-order valence-corrected chi connectivity index (χ4v) is 3.35. The van der Waals surface area contributed by atoms with Crippen molar-refractivity contribution in [1.82, 2.24) is 25.9 Å². The van der Waals surface area contributed by atoms with E-state index < -0.39 is 60.2 Å². The first-order valence-electron chi connectivity index (χ1n) is 11.0. The highest BCUT2D eigenvalue weighted by molar-refractivity contribution is 7.80. The van der Waals surface area contributed by atoms with Crippen molar-refractivity contribution in [3.63, 3.8) is 0 Å². The minimum absolute atomic E-state index is 0.00322. The van der Waals surface area contributed by atoms with E-state index in [0.717, 1.165) is 0 Å². The number of thiol groups is 1. The van der Waals surface area contributed by atoms with Gasteiger partial charge in [-0.05, 0) is 17.7 Å². The van der Waals surface area contributed by atoms with E-state index in [1.165, 1.54) is 24.7 Å². The van der Waals surface area contributed by atoms with Crippen molar-refractivity contribution in [3.05, 3.63) is 48.0 Å². The zero-order valence-corrected chi connectivity index (χ0v) is 20.4. The van der Waals surface area contributed by atoms with Crippen LogP contribution in [-0.4, -0.2) is 84.9 Å². The van der Waals surface area contributed by atoms with Gasteiger partial charge in [0.25, 0.3) is 0 Å². The Balaban J connectivity index is 2.28. The summed E-state index contributed by atoms with van der Waals surface area (Å²) in [7, 11) is 0. The van der Waals surface area contributed by atoms with Crippen LogP contribution in [0.2, 0.25) is 0 Å². The molecule has 4 atom stereocenters. The van der Waals surface area contributed by atoms with Crippen LogP contribution in [0, 0.1) is 0 Å². The lowest BCUT2D eigenvalue weighted by molar-refractivity contribution is -0.147. The van der Waals surface area contributed by atoms with E-state index in [1.54, 1.807) is 12.1 Å². The average Bonchev–Trinajstić information content (AvgIpc) is 3.36. The van der Waals surface area contributed by atoms with Crippen LogP contribution in [0.3, 0.4) is 0 Å². The normalized spacial score (nSPS) is 14.0. The molecule has 1 aromatic carbocycles. The van der Waals surface area contributed by atoms with Gasteiger partial charge in [0.05, 0.1) is 18.8 Å². The molecular formula is C22H28N6O8S. The molecule has 0 fully saturated rings. The van der Waals surface area contributed by atoms with Crippen LogP contribution < -0.4 is 21.7 Å². The second-order valence-corrected chi connectivity index (χ2v) is 8.43. The lowest BCUT2D eigenvalue weighted by atomic mass is 10.0. The Hall–Kier alpha value is -4.11. The van der Waals surface area contributed by atoms with Crippen molar-refractivity contribution in [2.75, 3.05) is 5.75 Å². The quantitative estimate of drug-likeness (QED) is 0.122. The minimum atomic E-state index is -1.74. The number of nitrogens with zero attached hydrogens (tertiary/aromatic N) is 1. The first-order valence-corrected chi connectivity index (χ1v) is 11.6. The predicted octanol–water partition coefficient (Wildman–Crippen LogP) is -1.83. The van der Waals surface area contributed by atoms with Crippen LogP contribution in [0.15, 0.2) is 36.8 Å². The van der Waals surface area contributed by atoms with Crippen LogP contribution in [-0.2, 0) is 36.8 Å². The monoisotopic (exact) mass is 536 g/mol. The number of carboxylic acid groups (broad SMARTS) is 2. The molecule has 2 rings (SSSR count). The lowest BCUT2D eigenvalue weighted by Gasteiger charge is -2.25. The number of phenols is 1. The van der Waals surface area contributed by atoms with Gasteiger partial charge in [-0.15, -0.1) is 0 Å². The van der Waals surface area contributed by atoms with Gasteiger partial charge in [-0.2, -0.15) is 12.6 Å². The summed E-state index contributed by atoms with van der Waals surface area (Å²) in [5.41, 5.74) is 6.70. The van der Waals surface area contributed by atoms with Crippen LogP contribution in [0.1, 0.15) is 17.7 Å². The summed E-state index contributed by atoms with van der Waals surface area (Å²) in [6.07, 6.45) is 1.66. The Morgan fingerprint density at radius 3 is 2.00 bits per heavy atom. The Morgan fingerprint density at radius 1 is 0.919 bits per heavy atom. The number of hydrogen-bond acceptors (Lipinski definition) is 9. The molecular weight excluding hydrogens is 508 g/mol. The number of amides is 3. The fourth-order valence-electron chi connectivity index (χ4n) is 3.18. The number of benzene rings is 1. The van der Waals surface area contributed by atoms with Gasteiger partial charge in [0, 0.05) is 30.5 Å². The zero-order chi connectivity index (χ0) is 27.5. The van der Waals surface area contributed by atoms with Crippen molar-refractivity contribution in [1.29, 1.82) is 0 Å². The number of aliphatic carboxylic acids is 2. The van der Waals surface area contributed by atoms with Gasteiger partial charge in [0.15, 0.2) is 0 Å². The van der Waals surface area contributed by atoms with E-state index in [9.17, 15) is 34.2 Å². The number of carbonyl (C=O) groups excluding carboxylic acids is 3. The van der Waals surface area contributed by atoms with Crippen LogP contribution >= 0.6 is 12.6 Å². The number of carboxylic acids is 2. The Bertz CT molecular complexity index is 1100. The summed E-state index contributed by atoms with van der Waals surface area (Å²) in [6.45, 7) is 0. The lowest BCUT2D eigenvalue weighted by Crippen LogP contribution is -2.58. The van der Waals surface area contributed by atoms with Gasteiger partial charge in [-0.3, -0.25) is 19.2 Å². The van der Waals surface area contributed by atoms with Gasteiger partial charge in [-0.1, -0.05) is 12.1 Å². The third-order valence-corrected chi connectivity index (χ3v) is 5.54. The summed E-state index contributed by atoms with van der Waals surface area (Å²) in [5, 5.41) is 34.8. The number of imidazole rings is 1. The molecule has 15 heteroatoms. The van der Waals surface area contributed by atoms with Gasteiger partial charge >= 0.3 is 11.9 Å². The number of carbonyl (C=O) groups is 5. The standard InChI is InChI=1S/C22H28N6O8S/c23-14(9-37)19(32)26-15(5-11-1-3-13(29)4-2-11)20(33)27-16(6-12-8-24-10-25-12)21(34)28-17(22(35)36)7-18(30)31/h1-4,8,10,14-17,29,37H,5-7,9,23H2,(H,24,25)(H,26,32)(H,27,33)(H,28,34)(H,30,31)(H,35,36). The molecule has 9 N–H and O–H groups in total. The Kier molecular flexibility index (Phi) is 10.9. The van der Waals surface area contributed by atoms with Gasteiger partial charge in [0.2, 0.25) is 17.7 Å². The van der Waals surface area contributed by atoms with Crippen LogP contribution in [0.5, 0.6) is 5.75 Å². The number of phenolic OH excluding ortho intramolecular Hbond substituents is 1. The molecule has 2 aromatic rings. The van der Waals surface area contributed by atoms with Crippen molar-refractivity contribution in [2.24, 2.45) is 5.73 Å². The maximum atomic E-state index is 13.3. The van der Waals surface area contributed by atoms with Crippen molar-refractivity contribution in [3.8, 4) is 5.75 Å². The highest BCUT2D eigenvalue weighted by Gasteiger charge is 2.31. The van der Waals surface area contributed by atoms with E-state index in [1.807, 2.05) is 0 Å². The number of aromatic hydroxyl groups is 1. The fraction of sp³-hybridized carbons (Fsp3) is 0.364. The molecule has 0 aliphatic carbocycles. The molecule has 0 saturated carbocycles. The Morgan fingerprint density at radius 2 is 1.49 bits per heavy atom. The number of aromatic nitrogens is 2. The highest BCUT2D eigenvalue weighted by Crippen LogP contribution is 2.12. The van der Waals surface area contributed by atoms with Crippen LogP contribution in [0.25, 0.3) is 0 Å². The molecule has 14 nitrogen and oxygen atoms in total. The maximum absolute atomic E-state index is 13.3. The summed E-state index contributed by atoms with van der Waals surface area (Å²) >= 11 is 3.98. The highest BCUT2D eigenvalue weighted by atomic mass is 32.1. The molecule has 0 aliphatic heterocycles. The van der Waals surface area contributed by atoms with Gasteiger partial charge in [0.1, 0.15) is 23.9 Å². The number of nitrogens with two attached hydrogens (primary N) is 1. The molecule has 0 radical (unpaired) electrons. The number of H-pyrrole nitrogens is 1. The molecule has 0 aliphatic rings. The summed E-state index contributed by atoms with van der Waals surface area (Å²) in [5.74, 6) is -5.44. The number of hydrogen-bond donors (Lipinski definition) is 9. The molecule has 1 aromatic heterocycles. The summed E-state index contributed by atoms with van der Waals surface area (Å²) < 4.78 is 0. The SMILES string of the molecule is NC(CS)C(=O)NC(Cc1ccc(O)cc1)C(=O)NC(Cc1cnc[nH]1)C(=O)NC(CC(=O)O)C(=O)O. The predicted molar refractivity (Wildman–Crippen MR) is 132 cm³/mol. The molecule has 0 spiro atoms. The number of nitrogens with one attached hydrogen (secondary N) is 4. The minimum Gasteiger partial charge on any atom is -0.508 e. The second-order valence-electron chi connectivity index (χ2n) is 8.06. The summed E-state index contributed by atoms with van der Waals surface area (Å²) in [6, 6.07) is 0.540. The molecule has 200 valence electrons. The average molecular weight is 537 g/mol. The molecule has 3 amide bonds. The summed E-state index contributed by atoms with van der Waals surface area (Å²) in [4.78, 5) is 67.6. The smallest absolute Gasteiger partial charge is 0.326 e. The van der Waals surface area contributed by atoms with Gasteiger partial charge < -0.3 is 42.0 Å². The van der Waals surface area contributed by atoms with Crippen LogP contribution in [0.4, 0.5) is 0 Å². The largest absolute Gasteiger partial charge is 0.508 e. The van der Waals surface area contributed by atoms with E-state index in [2.05, 4.69) is 38.5 Å². The number of rotatable bonds is 14. The third kappa shape index (κ3) is 9.46. The van der Waals surface area contributed by atoms with Crippen molar-refractivity contribution >= 4 is 42.3 Å². The first-order chi connectivity index (χ1) is 17.5. The van der Waals surface area contributed by atoms with E-state index in [4.69, 9.17) is 10.8 Å². The molecule has 4 unspecified atom stereocenters. The molecule has 37 heavy (non-hydrogen) atoms. The third-order valence-electron chi connectivity index (χ3n) is 5.15. The first kappa shape index (κ1) is 29.1. The van der Waals surface area contributed by atoms with Crippen molar-refractivity contribution < 1.29 is 39.3 Å². The Labute approximate surface area is 216 Å². The second kappa shape index (κ2) is 13.8. The number of aromatic amines is 1. The van der Waals surface area contributed by atoms with E-state index in [-0.39, 0.29) is 24.3 Å². The van der Waals surface area contributed by atoms with E-state index >= 15 is 0 Å². The molecule has 1 heterocycles. The molecule has 0 saturated heterocycles. The maximum Gasteiger partial charge on any atom is 0.326 e. The topological polar surface area (TPSA) is 237 Å². The molecule has 0 bridgehead atoms. The van der Waals surface area contributed by atoms with Crippen molar-refractivity contribution in [2.45, 2.75) is 43.4 Å².